The van der Waals surface area contributed by atoms with Crippen molar-refractivity contribution in [1.82, 2.24) is 4.90 Å². The summed E-state index contributed by atoms with van der Waals surface area (Å²) in [6.07, 6.45) is -1.40. The Hall–Kier alpha value is -1.28. The van der Waals surface area contributed by atoms with Crippen molar-refractivity contribution in [2.45, 2.75) is 39.7 Å². The molecule has 0 aromatic heterocycles. The fourth-order valence-corrected chi connectivity index (χ4v) is 1.57. The third-order valence-electron chi connectivity index (χ3n) is 2.19. The van der Waals surface area contributed by atoms with E-state index in [1.54, 1.807) is 0 Å². The SMILES string of the molecule is CC.CC(=O)OCC(O)CN(CCS)C(=O)CCC(=O)O. The lowest BCUT2D eigenvalue weighted by Gasteiger charge is -2.24. The summed E-state index contributed by atoms with van der Waals surface area (Å²) in [4.78, 5) is 34.0. The molecule has 0 bridgehead atoms. The highest BCUT2D eigenvalue weighted by atomic mass is 32.1. The summed E-state index contributed by atoms with van der Waals surface area (Å²) < 4.78 is 4.62. The van der Waals surface area contributed by atoms with Gasteiger partial charge in [-0.05, 0) is 0 Å². The zero-order chi connectivity index (χ0) is 16.8. The van der Waals surface area contributed by atoms with E-state index in [4.69, 9.17) is 5.11 Å². The largest absolute Gasteiger partial charge is 0.481 e. The van der Waals surface area contributed by atoms with Crippen molar-refractivity contribution in [3.63, 3.8) is 0 Å². The molecular formula is C13H25NO6S. The minimum Gasteiger partial charge on any atom is -0.481 e. The fraction of sp³-hybridized carbons (Fsp3) is 0.769. The van der Waals surface area contributed by atoms with Gasteiger partial charge >= 0.3 is 11.9 Å². The predicted molar refractivity (Wildman–Crippen MR) is 81.3 cm³/mol. The van der Waals surface area contributed by atoms with E-state index >= 15 is 0 Å². The van der Waals surface area contributed by atoms with Gasteiger partial charge in [-0.15, -0.1) is 0 Å². The highest BCUT2D eigenvalue weighted by Gasteiger charge is 2.18. The number of nitrogens with zero attached hydrogens (tertiary/aromatic N) is 1. The van der Waals surface area contributed by atoms with Gasteiger partial charge in [0.25, 0.3) is 0 Å². The molecule has 0 rings (SSSR count). The van der Waals surface area contributed by atoms with E-state index in [1.807, 2.05) is 13.8 Å². The standard InChI is InChI=1S/C11H19NO6S.C2H6/c1-8(13)18-7-9(14)6-12(4-5-19)10(15)2-3-11(16)17;1-2/h9,14,19H,2-7H2,1H3,(H,16,17);1-2H3. The van der Waals surface area contributed by atoms with Gasteiger partial charge < -0.3 is 19.8 Å². The van der Waals surface area contributed by atoms with Crippen LogP contribution < -0.4 is 0 Å². The van der Waals surface area contributed by atoms with Gasteiger partial charge in [0.15, 0.2) is 0 Å². The Balaban J connectivity index is 0. The number of esters is 1. The fourth-order valence-electron chi connectivity index (χ4n) is 1.33. The molecule has 21 heavy (non-hydrogen) atoms. The molecule has 1 unspecified atom stereocenters. The van der Waals surface area contributed by atoms with Crippen LogP contribution in [0, 0.1) is 0 Å². The molecule has 0 spiro atoms. The van der Waals surface area contributed by atoms with Gasteiger partial charge in [-0.1, -0.05) is 13.8 Å². The number of aliphatic hydroxyl groups excluding tert-OH is 1. The summed E-state index contributed by atoms with van der Waals surface area (Å²) in [6.45, 7) is 5.28. The first-order valence-corrected chi connectivity index (χ1v) is 7.42. The Morgan fingerprint density at radius 1 is 1.24 bits per heavy atom. The Morgan fingerprint density at radius 2 is 1.81 bits per heavy atom. The topological polar surface area (TPSA) is 104 Å². The predicted octanol–water partition coefficient (Wildman–Crippen LogP) is 0.560. The lowest BCUT2D eigenvalue weighted by atomic mass is 10.2. The lowest BCUT2D eigenvalue weighted by molar-refractivity contribution is -0.145. The molecule has 0 fully saturated rings. The zero-order valence-corrected chi connectivity index (χ0v) is 13.6. The first kappa shape index (κ1) is 22.0. The maximum absolute atomic E-state index is 11.7. The maximum atomic E-state index is 11.7. The average Bonchev–Trinajstić information content (AvgIpc) is 2.44. The molecule has 0 heterocycles. The molecule has 1 atom stereocenters. The highest BCUT2D eigenvalue weighted by molar-refractivity contribution is 7.80. The second-order valence-corrected chi connectivity index (χ2v) is 4.36. The van der Waals surface area contributed by atoms with Crippen LogP contribution in [0.25, 0.3) is 0 Å². The molecule has 0 saturated heterocycles. The van der Waals surface area contributed by atoms with Crippen molar-refractivity contribution in [3.05, 3.63) is 0 Å². The first-order valence-electron chi connectivity index (χ1n) is 6.78. The van der Waals surface area contributed by atoms with Gasteiger partial charge in [-0.3, -0.25) is 14.4 Å². The molecule has 7 nitrogen and oxygen atoms in total. The smallest absolute Gasteiger partial charge is 0.303 e. The van der Waals surface area contributed by atoms with Crippen LogP contribution in [0.15, 0.2) is 0 Å². The molecular weight excluding hydrogens is 298 g/mol. The minimum atomic E-state index is -1.06. The van der Waals surface area contributed by atoms with Crippen LogP contribution in [0.5, 0.6) is 0 Å². The molecule has 124 valence electrons. The van der Waals surface area contributed by atoms with Crippen LogP contribution >= 0.6 is 12.6 Å². The van der Waals surface area contributed by atoms with Crippen molar-refractivity contribution < 1.29 is 29.3 Å². The number of carbonyl (C=O) groups excluding carboxylic acids is 2. The number of carboxylic acids is 1. The van der Waals surface area contributed by atoms with Gasteiger partial charge in [0.2, 0.25) is 5.91 Å². The van der Waals surface area contributed by atoms with Gasteiger partial charge in [-0.2, -0.15) is 12.6 Å². The number of ether oxygens (including phenoxy) is 1. The number of hydrogen-bond acceptors (Lipinski definition) is 6. The molecule has 8 heteroatoms. The lowest BCUT2D eigenvalue weighted by Crippen LogP contribution is -2.40. The third kappa shape index (κ3) is 13.5. The molecule has 0 aliphatic heterocycles. The van der Waals surface area contributed by atoms with E-state index < -0.39 is 18.0 Å². The normalized spacial score (nSPS) is 10.9. The van der Waals surface area contributed by atoms with Crippen molar-refractivity contribution in [2.24, 2.45) is 0 Å². The van der Waals surface area contributed by atoms with E-state index in [2.05, 4.69) is 17.4 Å². The number of rotatable bonds is 9. The molecule has 0 aromatic carbocycles. The summed E-state index contributed by atoms with van der Waals surface area (Å²) in [6, 6.07) is 0. The van der Waals surface area contributed by atoms with E-state index in [0.717, 1.165) is 0 Å². The molecule has 1 amide bonds. The number of carbonyl (C=O) groups is 3. The molecule has 0 aliphatic carbocycles. The van der Waals surface area contributed by atoms with Gasteiger partial charge in [-0.25, -0.2) is 0 Å². The van der Waals surface area contributed by atoms with Crippen molar-refractivity contribution in [1.29, 1.82) is 0 Å². The summed E-state index contributed by atoms with van der Waals surface area (Å²) in [5.74, 6) is -1.56. The molecule has 0 aromatic rings. The quantitative estimate of drug-likeness (QED) is 0.423. The van der Waals surface area contributed by atoms with Crippen LogP contribution in [0.1, 0.15) is 33.6 Å². The number of carboxylic acid groups (broad SMARTS) is 1. The number of thiol groups is 1. The highest BCUT2D eigenvalue weighted by Crippen LogP contribution is 2.02. The second kappa shape index (κ2) is 13.7. The summed E-state index contributed by atoms with van der Waals surface area (Å²) >= 11 is 3.99. The number of aliphatic hydroxyl groups is 1. The first-order chi connectivity index (χ1) is 9.86. The average molecular weight is 323 g/mol. The van der Waals surface area contributed by atoms with Crippen LogP contribution in [0.3, 0.4) is 0 Å². The Kier molecular flexibility index (Phi) is 14.3. The molecule has 0 radical (unpaired) electrons. The third-order valence-corrected chi connectivity index (χ3v) is 2.39. The van der Waals surface area contributed by atoms with Gasteiger partial charge in [0.1, 0.15) is 12.7 Å². The Labute approximate surface area is 130 Å². The summed E-state index contributed by atoms with van der Waals surface area (Å²) in [5.41, 5.74) is 0. The van der Waals surface area contributed by atoms with Crippen LogP contribution in [0.2, 0.25) is 0 Å². The van der Waals surface area contributed by atoms with Crippen LogP contribution in [0.4, 0.5) is 0 Å². The van der Waals surface area contributed by atoms with Crippen molar-refractivity contribution >= 4 is 30.5 Å². The Bertz CT molecular complexity index is 324. The molecule has 0 saturated carbocycles. The van der Waals surface area contributed by atoms with E-state index in [9.17, 15) is 19.5 Å². The second-order valence-electron chi connectivity index (χ2n) is 3.91. The minimum absolute atomic E-state index is 0.0215. The van der Waals surface area contributed by atoms with Gasteiger partial charge in [0, 0.05) is 32.2 Å². The van der Waals surface area contributed by atoms with E-state index in [-0.39, 0.29) is 31.9 Å². The van der Waals surface area contributed by atoms with Crippen LogP contribution in [-0.2, 0) is 19.1 Å². The summed E-state index contributed by atoms with van der Waals surface area (Å²) in [5, 5.41) is 18.1. The van der Waals surface area contributed by atoms with E-state index in [0.29, 0.717) is 12.3 Å². The number of aliphatic carboxylic acids is 1. The zero-order valence-electron chi connectivity index (χ0n) is 12.7. The molecule has 2 N–H and O–H groups in total. The van der Waals surface area contributed by atoms with Crippen molar-refractivity contribution in [3.8, 4) is 0 Å². The monoisotopic (exact) mass is 323 g/mol. The van der Waals surface area contributed by atoms with Gasteiger partial charge in [0.05, 0.1) is 6.42 Å². The van der Waals surface area contributed by atoms with Crippen molar-refractivity contribution in [2.75, 3.05) is 25.4 Å². The maximum Gasteiger partial charge on any atom is 0.303 e. The Morgan fingerprint density at radius 3 is 2.24 bits per heavy atom. The number of hydrogen-bond donors (Lipinski definition) is 3. The van der Waals surface area contributed by atoms with E-state index in [1.165, 1.54) is 11.8 Å². The summed E-state index contributed by atoms with van der Waals surface area (Å²) in [7, 11) is 0. The molecule has 0 aliphatic rings. The van der Waals surface area contributed by atoms with Crippen LogP contribution in [-0.4, -0.2) is 64.5 Å². The number of amides is 1.